The minimum absolute atomic E-state index is 0.0296. The zero-order valence-corrected chi connectivity index (χ0v) is 15.4. The van der Waals surface area contributed by atoms with Crippen molar-refractivity contribution in [3.63, 3.8) is 0 Å². The first-order chi connectivity index (χ1) is 12.5. The van der Waals surface area contributed by atoms with Crippen LogP contribution in [0.5, 0.6) is 0 Å². The van der Waals surface area contributed by atoms with Gasteiger partial charge >= 0.3 is 5.97 Å². The summed E-state index contributed by atoms with van der Waals surface area (Å²) in [5, 5.41) is 9.64. The Labute approximate surface area is 154 Å². The Morgan fingerprint density at radius 1 is 1.58 bits per heavy atom. The second-order valence-corrected chi connectivity index (χ2v) is 7.37. The number of ether oxygens (including phenoxy) is 2. The van der Waals surface area contributed by atoms with E-state index in [9.17, 15) is 9.59 Å². The first-order valence-corrected chi connectivity index (χ1v) is 9.22. The third-order valence-corrected chi connectivity index (χ3v) is 5.20. The summed E-state index contributed by atoms with van der Waals surface area (Å²) < 4.78 is 12.0. The maximum Gasteiger partial charge on any atom is 0.337 e. The van der Waals surface area contributed by atoms with Gasteiger partial charge in [0.05, 0.1) is 47.5 Å². The molecule has 0 amide bonds. The van der Waals surface area contributed by atoms with Gasteiger partial charge in [0.1, 0.15) is 0 Å². The van der Waals surface area contributed by atoms with Gasteiger partial charge in [0.15, 0.2) is 5.16 Å². The quantitative estimate of drug-likeness (QED) is 0.451. The summed E-state index contributed by atoms with van der Waals surface area (Å²) >= 11 is 1.22. The van der Waals surface area contributed by atoms with Crippen molar-refractivity contribution in [1.29, 1.82) is 5.26 Å². The van der Waals surface area contributed by atoms with Gasteiger partial charge in [0.25, 0.3) is 5.56 Å². The van der Waals surface area contributed by atoms with Crippen molar-refractivity contribution >= 4 is 28.6 Å². The average Bonchev–Trinajstić information content (AvgIpc) is 3.16. The zero-order chi connectivity index (χ0) is 18.7. The van der Waals surface area contributed by atoms with Crippen LogP contribution in [0.25, 0.3) is 10.9 Å². The SMILES string of the molecule is COC(=O)c1ccc2c(=O)n(C[C@H]3CCCO3)c(S[C@H](C)C#N)nc2c1. The highest BCUT2D eigenvalue weighted by molar-refractivity contribution is 8.00. The number of aromatic nitrogens is 2. The molecule has 0 spiro atoms. The third kappa shape index (κ3) is 3.74. The summed E-state index contributed by atoms with van der Waals surface area (Å²) in [5.41, 5.74) is 0.539. The molecule has 8 heteroatoms. The van der Waals surface area contributed by atoms with Gasteiger partial charge < -0.3 is 9.47 Å². The van der Waals surface area contributed by atoms with E-state index in [0.29, 0.717) is 34.8 Å². The van der Waals surface area contributed by atoms with Crippen molar-refractivity contribution in [2.24, 2.45) is 0 Å². The van der Waals surface area contributed by atoms with E-state index < -0.39 is 5.97 Å². The molecule has 2 atom stereocenters. The van der Waals surface area contributed by atoms with Crippen molar-refractivity contribution in [1.82, 2.24) is 9.55 Å². The summed E-state index contributed by atoms with van der Waals surface area (Å²) in [6.07, 6.45) is 1.84. The van der Waals surface area contributed by atoms with E-state index in [4.69, 9.17) is 14.7 Å². The lowest BCUT2D eigenvalue weighted by Gasteiger charge is -2.17. The summed E-state index contributed by atoms with van der Waals surface area (Å²) in [5.74, 6) is -0.489. The van der Waals surface area contributed by atoms with Crippen LogP contribution < -0.4 is 5.56 Å². The van der Waals surface area contributed by atoms with Gasteiger partial charge in [-0.1, -0.05) is 11.8 Å². The Morgan fingerprint density at radius 2 is 2.38 bits per heavy atom. The molecular weight excluding hydrogens is 354 g/mol. The molecule has 0 radical (unpaired) electrons. The Morgan fingerprint density at radius 3 is 3.04 bits per heavy atom. The summed E-state index contributed by atoms with van der Waals surface area (Å²) in [6.45, 7) is 2.85. The first kappa shape index (κ1) is 18.4. The molecule has 1 aromatic heterocycles. The molecule has 2 aromatic rings. The summed E-state index contributed by atoms with van der Waals surface area (Å²) in [4.78, 5) is 29.3. The zero-order valence-electron chi connectivity index (χ0n) is 14.6. The van der Waals surface area contributed by atoms with E-state index in [1.54, 1.807) is 29.7 Å². The highest BCUT2D eigenvalue weighted by Gasteiger charge is 2.21. The number of methoxy groups -OCH3 is 1. The van der Waals surface area contributed by atoms with E-state index in [0.717, 1.165) is 12.8 Å². The van der Waals surface area contributed by atoms with E-state index in [1.165, 1.54) is 18.9 Å². The highest BCUT2D eigenvalue weighted by atomic mass is 32.2. The molecule has 0 bridgehead atoms. The Kier molecular flexibility index (Phi) is 5.59. The number of carbonyl (C=O) groups excluding carboxylic acids is 1. The molecule has 0 aliphatic carbocycles. The van der Waals surface area contributed by atoms with Crippen molar-refractivity contribution in [3.8, 4) is 6.07 Å². The van der Waals surface area contributed by atoms with Crippen molar-refractivity contribution in [3.05, 3.63) is 34.1 Å². The molecule has 1 aromatic carbocycles. The fourth-order valence-corrected chi connectivity index (χ4v) is 3.68. The summed E-state index contributed by atoms with van der Waals surface area (Å²) in [6, 6.07) is 6.83. The van der Waals surface area contributed by atoms with E-state index in [1.807, 2.05) is 0 Å². The number of fused-ring (bicyclic) bond motifs is 1. The molecule has 7 nitrogen and oxygen atoms in total. The lowest BCUT2D eigenvalue weighted by atomic mass is 10.1. The third-order valence-electron chi connectivity index (χ3n) is 4.22. The fraction of sp³-hybridized carbons (Fsp3) is 0.444. The molecule has 1 aliphatic rings. The summed E-state index contributed by atoms with van der Waals surface area (Å²) in [7, 11) is 1.30. The molecule has 0 N–H and O–H groups in total. The van der Waals surface area contributed by atoms with Gasteiger partial charge in [-0.2, -0.15) is 5.26 Å². The maximum absolute atomic E-state index is 13.0. The largest absolute Gasteiger partial charge is 0.465 e. The Bertz CT molecular complexity index is 928. The van der Waals surface area contributed by atoms with Gasteiger partial charge in [-0.25, -0.2) is 9.78 Å². The van der Waals surface area contributed by atoms with Crippen LogP contribution in [0.3, 0.4) is 0 Å². The molecule has 26 heavy (non-hydrogen) atoms. The van der Waals surface area contributed by atoms with Crippen LogP contribution in [0, 0.1) is 11.3 Å². The van der Waals surface area contributed by atoms with Gasteiger partial charge in [-0.05, 0) is 38.0 Å². The van der Waals surface area contributed by atoms with Crippen LogP contribution in [0.15, 0.2) is 28.2 Å². The van der Waals surface area contributed by atoms with Gasteiger partial charge in [0, 0.05) is 6.61 Å². The van der Waals surface area contributed by atoms with Crippen LogP contribution in [-0.4, -0.2) is 40.6 Å². The average molecular weight is 373 g/mol. The number of nitriles is 1. The second-order valence-electron chi connectivity index (χ2n) is 6.06. The van der Waals surface area contributed by atoms with Crippen molar-refractivity contribution in [2.45, 2.75) is 42.8 Å². The number of carbonyl (C=O) groups is 1. The lowest BCUT2D eigenvalue weighted by Crippen LogP contribution is -2.29. The van der Waals surface area contributed by atoms with Crippen molar-refractivity contribution < 1.29 is 14.3 Å². The minimum atomic E-state index is -0.489. The van der Waals surface area contributed by atoms with Crippen LogP contribution in [0.4, 0.5) is 0 Å². The number of hydrogen-bond acceptors (Lipinski definition) is 7. The number of rotatable bonds is 5. The Balaban J connectivity index is 2.11. The second kappa shape index (κ2) is 7.89. The van der Waals surface area contributed by atoms with Crippen molar-refractivity contribution in [2.75, 3.05) is 13.7 Å². The van der Waals surface area contributed by atoms with E-state index in [2.05, 4.69) is 11.1 Å². The van der Waals surface area contributed by atoms with Gasteiger partial charge in [-0.15, -0.1) is 0 Å². The fourth-order valence-electron chi connectivity index (χ4n) is 2.87. The normalized spacial score (nSPS) is 17.8. The number of nitrogens with zero attached hydrogens (tertiary/aromatic N) is 3. The van der Waals surface area contributed by atoms with Crippen LogP contribution in [-0.2, 0) is 16.0 Å². The number of esters is 1. The standard InChI is InChI=1S/C18H19N3O4S/c1-11(9-19)26-18-20-15-8-12(17(23)24-2)5-6-14(15)16(22)21(18)10-13-4-3-7-25-13/h5-6,8,11,13H,3-4,7,10H2,1-2H3/t11-,13-/m1/s1. The monoisotopic (exact) mass is 373 g/mol. The predicted octanol–water partition coefficient (Wildman–Crippen LogP) is 2.37. The van der Waals surface area contributed by atoms with Gasteiger partial charge in [0.2, 0.25) is 0 Å². The lowest BCUT2D eigenvalue weighted by molar-refractivity contribution is 0.0601. The smallest absolute Gasteiger partial charge is 0.337 e. The number of thioether (sulfide) groups is 1. The minimum Gasteiger partial charge on any atom is -0.465 e. The molecule has 0 saturated carbocycles. The molecule has 1 aliphatic heterocycles. The molecule has 1 saturated heterocycles. The molecule has 3 rings (SSSR count). The van der Waals surface area contributed by atoms with Crippen LogP contribution in [0.1, 0.15) is 30.1 Å². The van der Waals surface area contributed by atoms with E-state index in [-0.39, 0.29) is 16.9 Å². The van der Waals surface area contributed by atoms with Crippen LogP contribution >= 0.6 is 11.8 Å². The molecule has 136 valence electrons. The molecule has 1 fully saturated rings. The van der Waals surface area contributed by atoms with Crippen LogP contribution in [0.2, 0.25) is 0 Å². The maximum atomic E-state index is 13.0. The first-order valence-electron chi connectivity index (χ1n) is 8.34. The Hall–Kier alpha value is -2.37. The number of hydrogen-bond donors (Lipinski definition) is 0. The molecule has 0 unspecified atom stereocenters. The van der Waals surface area contributed by atoms with Gasteiger partial charge in [-0.3, -0.25) is 9.36 Å². The topological polar surface area (TPSA) is 94.2 Å². The molecular formula is C18H19N3O4S. The highest BCUT2D eigenvalue weighted by Crippen LogP contribution is 2.24. The predicted molar refractivity (Wildman–Crippen MR) is 97.2 cm³/mol. The molecule has 2 heterocycles. The van der Waals surface area contributed by atoms with E-state index >= 15 is 0 Å². The number of benzene rings is 1.